The van der Waals surface area contributed by atoms with E-state index in [1.165, 1.54) is 11.1 Å². The fraction of sp³-hybridized carbons (Fsp3) is 0.500. The molecule has 2 N–H and O–H groups in total. The number of aliphatic hydroxyl groups excluding tert-OH is 1. The Kier molecular flexibility index (Phi) is 4.33. The topological polar surface area (TPSA) is 52.6 Å². The minimum atomic E-state index is -0.161. The van der Waals surface area contributed by atoms with Gasteiger partial charge in [-0.2, -0.15) is 0 Å². The molecule has 1 atom stereocenters. The van der Waals surface area contributed by atoms with Crippen molar-refractivity contribution in [1.82, 2.24) is 10.2 Å². The van der Waals surface area contributed by atoms with Crippen LogP contribution in [0.1, 0.15) is 18.1 Å². The van der Waals surface area contributed by atoms with Crippen molar-refractivity contribution in [3.8, 4) is 0 Å². The van der Waals surface area contributed by atoms with E-state index in [1.54, 1.807) is 4.90 Å². The maximum Gasteiger partial charge on any atom is 0.240 e. The van der Waals surface area contributed by atoms with E-state index in [1.807, 2.05) is 19.1 Å². The zero-order valence-corrected chi connectivity index (χ0v) is 10.7. The molecule has 1 aliphatic heterocycles. The number of carbonyl (C=O) groups is 1. The number of hydrogen-bond donors (Lipinski definition) is 2. The molecule has 1 aliphatic rings. The van der Waals surface area contributed by atoms with Gasteiger partial charge in [0, 0.05) is 19.6 Å². The van der Waals surface area contributed by atoms with Crippen molar-refractivity contribution in [2.75, 3.05) is 19.7 Å². The van der Waals surface area contributed by atoms with Crippen LogP contribution in [0.25, 0.3) is 0 Å². The highest BCUT2D eigenvalue weighted by atomic mass is 16.3. The molecule has 0 bridgehead atoms. The highest BCUT2D eigenvalue weighted by molar-refractivity contribution is 5.82. The SMILES string of the molecule is CCN(CCO)C(=O)[C@@H]1Cc2ccccc2CN1. The molecule has 0 fully saturated rings. The zero-order valence-electron chi connectivity index (χ0n) is 10.7. The fourth-order valence-corrected chi connectivity index (χ4v) is 2.39. The predicted molar refractivity (Wildman–Crippen MR) is 70.1 cm³/mol. The molecule has 98 valence electrons. The van der Waals surface area contributed by atoms with Crippen LogP contribution in [-0.4, -0.2) is 41.7 Å². The van der Waals surface area contributed by atoms with E-state index in [-0.39, 0.29) is 18.6 Å². The summed E-state index contributed by atoms with van der Waals surface area (Å²) >= 11 is 0. The Hall–Kier alpha value is -1.39. The second kappa shape index (κ2) is 5.98. The molecule has 2 rings (SSSR count). The number of aliphatic hydroxyl groups is 1. The lowest BCUT2D eigenvalue weighted by atomic mass is 9.95. The second-order valence-corrected chi connectivity index (χ2v) is 4.55. The number of rotatable bonds is 4. The molecule has 0 saturated heterocycles. The molecule has 1 amide bonds. The summed E-state index contributed by atoms with van der Waals surface area (Å²) in [6.45, 7) is 3.74. The molecule has 0 radical (unpaired) electrons. The Labute approximate surface area is 108 Å². The number of fused-ring (bicyclic) bond motifs is 1. The maximum atomic E-state index is 12.3. The molecule has 4 nitrogen and oxygen atoms in total. The first-order valence-corrected chi connectivity index (χ1v) is 6.46. The highest BCUT2D eigenvalue weighted by Crippen LogP contribution is 2.17. The first-order valence-electron chi connectivity index (χ1n) is 6.46. The smallest absolute Gasteiger partial charge is 0.240 e. The largest absolute Gasteiger partial charge is 0.395 e. The Morgan fingerprint density at radius 1 is 1.44 bits per heavy atom. The average molecular weight is 248 g/mol. The number of carbonyl (C=O) groups excluding carboxylic acids is 1. The summed E-state index contributed by atoms with van der Waals surface area (Å²) in [6, 6.07) is 8.04. The van der Waals surface area contributed by atoms with E-state index in [0.717, 1.165) is 13.0 Å². The van der Waals surface area contributed by atoms with Crippen molar-refractivity contribution in [3.63, 3.8) is 0 Å². The molecule has 0 spiro atoms. The van der Waals surface area contributed by atoms with Crippen LogP contribution in [0.5, 0.6) is 0 Å². The summed E-state index contributed by atoms with van der Waals surface area (Å²) in [6.07, 6.45) is 0.733. The van der Waals surface area contributed by atoms with Crippen molar-refractivity contribution < 1.29 is 9.90 Å². The van der Waals surface area contributed by atoms with Crippen molar-refractivity contribution in [3.05, 3.63) is 35.4 Å². The van der Waals surface area contributed by atoms with Crippen LogP contribution in [0.3, 0.4) is 0 Å². The molecule has 0 unspecified atom stereocenters. The van der Waals surface area contributed by atoms with Gasteiger partial charge in [-0.05, 0) is 24.5 Å². The van der Waals surface area contributed by atoms with Gasteiger partial charge in [0.15, 0.2) is 0 Å². The standard InChI is InChI=1S/C14H20N2O2/c1-2-16(7-8-17)14(18)13-9-11-5-3-4-6-12(11)10-15-13/h3-6,13,15,17H,2,7-10H2,1H3/t13-/m0/s1. The minimum absolute atomic E-state index is 0.0168. The molecule has 1 aromatic carbocycles. The lowest BCUT2D eigenvalue weighted by molar-refractivity contribution is -0.134. The van der Waals surface area contributed by atoms with Gasteiger partial charge in [0.1, 0.15) is 0 Å². The lowest BCUT2D eigenvalue weighted by Gasteiger charge is -2.30. The molecule has 0 aromatic heterocycles. The van der Waals surface area contributed by atoms with Crippen LogP contribution in [0.2, 0.25) is 0 Å². The summed E-state index contributed by atoms with van der Waals surface area (Å²) in [7, 11) is 0. The quantitative estimate of drug-likeness (QED) is 0.818. The van der Waals surface area contributed by atoms with E-state index in [2.05, 4.69) is 17.4 Å². The highest BCUT2D eigenvalue weighted by Gasteiger charge is 2.26. The number of nitrogens with zero attached hydrogens (tertiary/aromatic N) is 1. The summed E-state index contributed by atoms with van der Waals surface area (Å²) in [5, 5.41) is 12.2. The monoisotopic (exact) mass is 248 g/mol. The van der Waals surface area contributed by atoms with Crippen LogP contribution >= 0.6 is 0 Å². The van der Waals surface area contributed by atoms with Crippen molar-refractivity contribution >= 4 is 5.91 Å². The third-order valence-corrected chi connectivity index (χ3v) is 3.44. The van der Waals surface area contributed by atoms with E-state index < -0.39 is 0 Å². The number of hydrogen-bond acceptors (Lipinski definition) is 3. The number of amides is 1. The van der Waals surface area contributed by atoms with Gasteiger partial charge in [-0.15, -0.1) is 0 Å². The zero-order chi connectivity index (χ0) is 13.0. The van der Waals surface area contributed by atoms with Crippen LogP contribution < -0.4 is 5.32 Å². The van der Waals surface area contributed by atoms with E-state index in [9.17, 15) is 4.79 Å². The molecule has 18 heavy (non-hydrogen) atoms. The summed E-state index contributed by atoms with van der Waals surface area (Å²) in [5.74, 6) is 0.0843. The number of nitrogens with one attached hydrogen (secondary N) is 1. The van der Waals surface area contributed by atoms with E-state index in [4.69, 9.17) is 5.11 Å². The Balaban J connectivity index is 2.06. The summed E-state index contributed by atoms with van der Waals surface area (Å²) < 4.78 is 0. The molecular formula is C14H20N2O2. The Morgan fingerprint density at radius 3 is 2.83 bits per heavy atom. The van der Waals surface area contributed by atoms with Gasteiger partial charge in [-0.3, -0.25) is 4.79 Å². The molecule has 4 heteroatoms. The van der Waals surface area contributed by atoms with Gasteiger partial charge in [-0.1, -0.05) is 24.3 Å². The molecular weight excluding hydrogens is 228 g/mol. The maximum absolute atomic E-state index is 12.3. The van der Waals surface area contributed by atoms with Crippen molar-refractivity contribution in [2.45, 2.75) is 25.9 Å². The average Bonchev–Trinajstić information content (AvgIpc) is 2.43. The number of likely N-dealkylation sites (N-methyl/N-ethyl adjacent to an activating group) is 1. The minimum Gasteiger partial charge on any atom is -0.395 e. The molecule has 1 aromatic rings. The number of benzene rings is 1. The van der Waals surface area contributed by atoms with Gasteiger partial charge in [-0.25, -0.2) is 0 Å². The molecule has 0 saturated carbocycles. The van der Waals surface area contributed by atoms with Gasteiger partial charge < -0.3 is 15.3 Å². The first kappa shape index (κ1) is 13.1. The van der Waals surface area contributed by atoms with Crippen LogP contribution in [0, 0.1) is 0 Å². The van der Waals surface area contributed by atoms with Crippen LogP contribution in [-0.2, 0) is 17.8 Å². The summed E-state index contributed by atoms with van der Waals surface area (Å²) in [4.78, 5) is 14.0. The summed E-state index contributed by atoms with van der Waals surface area (Å²) in [5.41, 5.74) is 2.52. The third-order valence-electron chi connectivity index (χ3n) is 3.44. The van der Waals surface area contributed by atoms with E-state index >= 15 is 0 Å². The van der Waals surface area contributed by atoms with Crippen LogP contribution in [0.15, 0.2) is 24.3 Å². The molecule has 1 heterocycles. The van der Waals surface area contributed by atoms with E-state index in [0.29, 0.717) is 13.1 Å². The van der Waals surface area contributed by atoms with Crippen LogP contribution in [0.4, 0.5) is 0 Å². The van der Waals surface area contributed by atoms with Gasteiger partial charge in [0.2, 0.25) is 5.91 Å². The van der Waals surface area contributed by atoms with Gasteiger partial charge in [0.05, 0.1) is 12.6 Å². The Morgan fingerprint density at radius 2 is 2.17 bits per heavy atom. The second-order valence-electron chi connectivity index (χ2n) is 4.55. The van der Waals surface area contributed by atoms with Gasteiger partial charge in [0.25, 0.3) is 0 Å². The van der Waals surface area contributed by atoms with Crippen molar-refractivity contribution in [2.24, 2.45) is 0 Å². The van der Waals surface area contributed by atoms with Crippen molar-refractivity contribution in [1.29, 1.82) is 0 Å². The third kappa shape index (κ3) is 2.71. The fourth-order valence-electron chi connectivity index (χ4n) is 2.39. The first-order chi connectivity index (χ1) is 8.76. The predicted octanol–water partition coefficient (Wildman–Crippen LogP) is 0.542. The lowest BCUT2D eigenvalue weighted by Crippen LogP contribution is -2.50. The normalized spacial score (nSPS) is 18.2. The van der Waals surface area contributed by atoms with Gasteiger partial charge >= 0.3 is 0 Å². The Bertz CT molecular complexity index is 420. The molecule has 0 aliphatic carbocycles.